The van der Waals surface area contributed by atoms with Gasteiger partial charge >= 0.3 is 0 Å². The van der Waals surface area contributed by atoms with Crippen LogP contribution in [0.15, 0.2) is 66.2 Å². The molecular formula is C23H29NO. The van der Waals surface area contributed by atoms with Crippen LogP contribution in [0.2, 0.25) is 0 Å². The molecule has 1 fully saturated rings. The molecule has 1 aliphatic carbocycles. The van der Waals surface area contributed by atoms with Crippen LogP contribution < -0.4 is 10.1 Å². The zero-order chi connectivity index (χ0) is 17.9. The third-order valence-electron chi connectivity index (χ3n) is 5.22. The van der Waals surface area contributed by atoms with Gasteiger partial charge < -0.3 is 10.1 Å². The first kappa shape index (κ1) is 17.8. The van der Waals surface area contributed by atoms with E-state index in [9.17, 15) is 0 Å². The standard InChI is InChI=1S/C23H29NO/c1-17(2)13-21-22(23(21,3)4)16-24-15-18-9-8-12-20(14-18)25-19-10-6-5-7-11-19/h5-14,21-22,24H,15-16H2,1-4H3/t21-,22+/m0/s1. The van der Waals surface area contributed by atoms with Gasteiger partial charge in [0.25, 0.3) is 0 Å². The molecule has 0 amide bonds. The van der Waals surface area contributed by atoms with Crippen molar-refractivity contribution in [3.63, 3.8) is 0 Å². The Morgan fingerprint density at radius 2 is 1.76 bits per heavy atom. The van der Waals surface area contributed by atoms with E-state index in [1.54, 1.807) is 0 Å². The van der Waals surface area contributed by atoms with Crippen molar-refractivity contribution in [2.45, 2.75) is 34.2 Å². The average Bonchev–Trinajstić information content (AvgIpc) is 3.08. The Bertz CT molecular complexity index is 729. The Hall–Kier alpha value is -2.06. The van der Waals surface area contributed by atoms with Crippen LogP contribution in [-0.2, 0) is 6.54 Å². The van der Waals surface area contributed by atoms with Crippen molar-refractivity contribution >= 4 is 0 Å². The van der Waals surface area contributed by atoms with Gasteiger partial charge in [0.2, 0.25) is 0 Å². The summed E-state index contributed by atoms with van der Waals surface area (Å²) in [5.41, 5.74) is 3.10. The Balaban J connectivity index is 1.53. The normalized spacial score (nSPS) is 20.8. The molecular weight excluding hydrogens is 306 g/mol. The molecule has 2 nitrogen and oxygen atoms in total. The maximum Gasteiger partial charge on any atom is 0.127 e. The fourth-order valence-electron chi connectivity index (χ4n) is 3.58. The number of rotatable bonds is 7. The zero-order valence-electron chi connectivity index (χ0n) is 15.8. The first-order chi connectivity index (χ1) is 12.0. The fraction of sp³-hybridized carbons (Fsp3) is 0.391. The Labute approximate surface area is 151 Å². The largest absolute Gasteiger partial charge is 0.457 e. The summed E-state index contributed by atoms with van der Waals surface area (Å²) in [5.74, 6) is 3.19. The predicted octanol–water partition coefficient (Wildman–Crippen LogP) is 5.81. The van der Waals surface area contributed by atoms with Crippen molar-refractivity contribution in [2.75, 3.05) is 6.54 Å². The SMILES string of the molecule is CC(C)=C[C@H]1[C@@H](CNCc2cccc(Oc3ccccc3)c2)C1(C)C. The van der Waals surface area contributed by atoms with Gasteiger partial charge in [0.15, 0.2) is 0 Å². The predicted molar refractivity (Wildman–Crippen MR) is 105 cm³/mol. The highest BCUT2D eigenvalue weighted by atomic mass is 16.5. The lowest BCUT2D eigenvalue weighted by Crippen LogP contribution is -2.18. The molecule has 1 saturated carbocycles. The topological polar surface area (TPSA) is 21.3 Å². The van der Waals surface area contributed by atoms with E-state index in [1.165, 1.54) is 11.1 Å². The number of benzene rings is 2. The van der Waals surface area contributed by atoms with E-state index in [0.29, 0.717) is 11.3 Å². The fourth-order valence-corrected chi connectivity index (χ4v) is 3.58. The minimum absolute atomic E-state index is 0.419. The van der Waals surface area contributed by atoms with Gasteiger partial charge in [-0.25, -0.2) is 0 Å². The number of para-hydroxylation sites is 1. The first-order valence-electron chi connectivity index (χ1n) is 9.14. The molecule has 1 N–H and O–H groups in total. The smallest absolute Gasteiger partial charge is 0.127 e. The van der Waals surface area contributed by atoms with E-state index < -0.39 is 0 Å². The molecule has 0 saturated heterocycles. The van der Waals surface area contributed by atoms with Crippen LogP contribution in [0.4, 0.5) is 0 Å². The molecule has 1 aliphatic rings. The van der Waals surface area contributed by atoms with Gasteiger partial charge in [0.05, 0.1) is 0 Å². The molecule has 0 bridgehead atoms. The van der Waals surface area contributed by atoms with Crippen molar-refractivity contribution in [1.29, 1.82) is 0 Å². The highest BCUT2D eigenvalue weighted by molar-refractivity contribution is 5.33. The van der Waals surface area contributed by atoms with Crippen LogP contribution >= 0.6 is 0 Å². The number of hydrogen-bond acceptors (Lipinski definition) is 2. The zero-order valence-corrected chi connectivity index (χ0v) is 15.8. The number of hydrogen-bond donors (Lipinski definition) is 1. The highest BCUT2D eigenvalue weighted by Crippen LogP contribution is 2.58. The molecule has 2 atom stereocenters. The van der Waals surface area contributed by atoms with E-state index in [2.05, 4.69) is 57.3 Å². The second-order valence-electron chi connectivity index (χ2n) is 7.89. The minimum Gasteiger partial charge on any atom is -0.457 e. The molecule has 0 heterocycles. The van der Waals surface area contributed by atoms with Crippen LogP contribution in [0.3, 0.4) is 0 Å². The summed E-state index contributed by atoms with van der Waals surface area (Å²) < 4.78 is 5.92. The van der Waals surface area contributed by atoms with Crippen molar-refractivity contribution in [2.24, 2.45) is 17.3 Å². The van der Waals surface area contributed by atoms with Crippen molar-refractivity contribution in [1.82, 2.24) is 5.32 Å². The van der Waals surface area contributed by atoms with Gasteiger partial charge in [0.1, 0.15) is 11.5 Å². The van der Waals surface area contributed by atoms with E-state index in [0.717, 1.165) is 30.5 Å². The van der Waals surface area contributed by atoms with Crippen LogP contribution in [0.25, 0.3) is 0 Å². The van der Waals surface area contributed by atoms with Gasteiger partial charge in [-0.15, -0.1) is 0 Å². The van der Waals surface area contributed by atoms with Crippen molar-refractivity contribution in [3.05, 3.63) is 71.8 Å². The second kappa shape index (κ2) is 7.45. The molecule has 25 heavy (non-hydrogen) atoms. The summed E-state index contributed by atoms with van der Waals surface area (Å²) in [6.07, 6.45) is 2.43. The number of allylic oxidation sites excluding steroid dienone is 2. The average molecular weight is 335 g/mol. The van der Waals surface area contributed by atoms with Crippen LogP contribution in [0, 0.1) is 17.3 Å². The number of ether oxygens (including phenoxy) is 1. The van der Waals surface area contributed by atoms with Crippen LogP contribution in [0.1, 0.15) is 33.3 Å². The van der Waals surface area contributed by atoms with Crippen LogP contribution in [0.5, 0.6) is 11.5 Å². The van der Waals surface area contributed by atoms with Gasteiger partial charge in [0, 0.05) is 6.54 Å². The summed E-state index contributed by atoms with van der Waals surface area (Å²) in [6, 6.07) is 18.2. The Kier molecular flexibility index (Phi) is 5.29. The molecule has 0 aromatic heterocycles. The van der Waals surface area contributed by atoms with Crippen LogP contribution in [-0.4, -0.2) is 6.54 Å². The first-order valence-corrected chi connectivity index (χ1v) is 9.14. The summed E-state index contributed by atoms with van der Waals surface area (Å²) in [4.78, 5) is 0. The lowest BCUT2D eigenvalue weighted by atomic mass is 10.1. The van der Waals surface area contributed by atoms with Crippen molar-refractivity contribution < 1.29 is 4.74 Å². The van der Waals surface area contributed by atoms with Gasteiger partial charge in [-0.05, 0) is 67.5 Å². The quantitative estimate of drug-likeness (QED) is 0.645. The van der Waals surface area contributed by atoms with E-state index in [-0.39, 0.29) is 0 Å². The molecule has 132 valence electrons. The molecule has 0 radical (unpaired) electrons. The molecule has 2 aromatic carbocycles. The van der Waals surface area contributed by atoms with E-state index >= 15 is 0 Å². The third kappa shape index (κ3) is 4.52. The summed E-state index contributed by atoms with van der Waals surface area (Å²) in [5, 5.41) is 3.63. The number of nitrogens with one attached hydrogen (secondary N) is 1. The summed E-state index contributed by atoms with van der Waals surface area (Å²) in [6.45, 7) is 11.1. The maximum atomic E-state index is 5.92. The van der Waals surface area contributed by atoms with Gasteiger partial charge in [-0.2, -0.15) is 0 Å². The molecule has 0 aliphatic heterocycles. The maximum absolute atomic E-state index is 5.92. The lowest BCUT2D eigenvalue weighted by molar-refractivity contribution is 0.480. The van der Waals surface area contributed by atoms with E-state index in [1.807, 2.05) is 36.4 Å². The Morgan fingerprint density at radius 1 is 1.04 bits per heavy atom. The Morgan fingerprint density at radius 3 is 2.48 bits per heavy atom. The van der Waals surface area contributed by atoms with Crippen molar-refractivity contribution in [3.8, 4) is 11.5 Å². The lowest BCUT2D eigenvalue weighted by Gasteiger charge is -2.09. The molecule has 0 unspecified atom stereocenters. The highest BCUT2D eigenvalue weighted by Gasteiger charge is 2.55. The summed E-state index contributed by atoms with van der Waals surface area (Å²) >= 11 is 0. The minimum atomic E-state index is 0.419. The monoisotopic (exact) mass is 335 g/mol. The molecule has 2 aromatic rings. The van der Waals surface area contributed by atoms with E-state index in [4.69, 9.17) is 4.74 Å². The van der Waals surface area contributed by atoms with Gasteiger partial charge in [-0.3, -0.25) is 0 Å². The molecule has 3 rings (SSSR count). The summed E-state index contributed by atoms with van der Waals surface area (Å²) in [7, 11) is 0. The molecule has 2 heteroatoms. The van der Waals surface area contributed by atoms with Gasteiger partial charge in [-0.1, -0.05) is 55.8 Å². The second-order valence-corrected chi connectivity index (χ2v) is 7.89. The molecule has 0 spiro atoms. The third-order valence-corrected chi connectivity index (χ3v) is 5.22.